The minimum atomic E-state index is -0.209. The molecule has 1 fully saturated rings. The van der Waals surface area contributed by atoms with Crippen molar-refractivity contribution in [3.8, 4) is 0 Å². The molecule has 25 heavy (non-hydrogen) atoms. The highest BCUT2D eigenvalue weighted by Gasteiger charge is 2.21. The van der Waals surface area contributed by atoms with Crippen LogP contribution in [-0.2, 0) is 6.54 Å². The molecule has 1 heterocycles. The summed E-state index contributed by atoms with van der Waals surface area (Å²) >= 11 is 5.86. The summed E-state index contributed by atoms with van der Waals surface area (Å²) in [5, 5.41) is 3.56. The second kappa shape index (κ2) is 8.32. The highest BCUT2D eigenvalue weighted by atomic mass is 35.5. The zero-order valence-electron chi connectivity index (χ0n) is 14.0. The van der Waals surface area contributed by atoms with Gasteiger partial charge in [0.25, 0.3) is 0 Å². The van der Waals surface area contributed by atoms with Gasteiger partial charge >= 0.3 is 6.03 Å². The third-order valence-corrected chi connectivity index (χ3v) is 4.70. The summed E-state index contributed by atoms with van der Waals surface area (Å²) in [6.45, 7) is 4.18. The molecule has 6 heteroatoms. The van der Waals surface area contributed by atoms with Crippen molar-refractivity contribution in [2.45, 2.75) is 13.0 Å². The quantitative estimate of drug-likeness (QED) is 0.865. The maximum absolute atomic E-state index is 13.0. The van der Waals surface area contributed by atoms with Gasteiger partial charge in [-0.1, -0.05) is 23.7 Å². The number of halogens is 2. The number of nitrogens with one attached hydrogen (secondary N) is 2. The van der Waals surface area contributed by atoms with Crippen molar-refractivity contribution in [2.75, 3.05) is 31.5 Å². The molecular weight excluding hydrogens is 341 g/mol. The number of rotatable bonds is 3. The Morgan fingerprint density at radius 1 is 1.08 bits per heavy atom. The fraction of sp³-hybridized carbons (Fsp3) is 0.316. The van der Waals surface area contributed by atoms with Gasteiger partial charge in [-0.3, -0.25) is 0 Å². The van der Waals surface area contributed by atoms with Crippen LogP contribution in [0.2, 0.25) is 5.02 Å². The first-order valence-electron chi connectivity index (χ1n) is 8.50. The molecule has 2 aromatic rings. The summed E-state index contributed by atoms with van der Waals surface area (Å²) in [7, 11) is 0. The van der Waals surface area contributed by atoms with E-state index in [9.17, 15) is 9.18 Å². The van der Waals surface area contributed by atoms with E-state index in [1.165, 1.54) is 17.0 Å². The standard InChI is InChI=1S/C19H21ClFN3O/c20-16-4-8-18(9-5-16)22-19(25)24-11-1-10-23(12-13-24)14-15-2-6-17(21)7-3-15/h2-9H,1,10-14H2,(H,22,25)/p+1. The molecule has 1 aliphatic heterocycles. The van der Waals surface area contributed by atoms with Crippen LogP contribution >= 0.6 is 11.6 Å². The van der Waals surface area contributed by atoms with Gasteiger partial charge in [-0.2, -0.15) is 0 Å². The van der Waals surface area contributed by atoms with Crippen LogP contribution in [0.1, 0.15) is 12.0 Å². The predicted octanol–water partition coefficient (Wildman–Crippen LogP) is 2.80. The lowest BCUT2D eigenvalue weighted by Crippen LogP contribution is -3.11. The molecule has 2 amide bonds. The number of hydrogen-bond donors (Lipinski definition) is 2. The Kier molecular flexibility index (Phi) is 5.89. The van der Waals surface area contributed by atoms with Crippen LogP contribution in [0.4, 0.5) is 14.9 Å². The average Bonchev–Trinajstić information content (AvgIpc) is 2.85. The zero-order chi connectivity index (χ0) is 17.6. The van der Waals surface area contributed by atoms with E-state index in [1.54, 1.807) is 24.3 Å². The summed E-state index contributed by atoms with van der Waals surface area (Å²) in [5.74, 6) is -0.209. The lowest BCUT2D eigenvalue weighted by Gasteiger charge is -2.21. The van der Waals surface area contributed by atoms with Crippen molar-refractivity contribution >= 4 is 23.3 Å². The lowest BCUT2D eigenvalue weighted by atomic mass is 10.2. The van der Waals surface area contributed by atoms with E-state index in [0.29, 0.717) is 11.6 Å². The van der Waals surface area contributed by atoms with Gasteiger partial charge in [0.15, 0.2) is 0 Å². The summed E-state index contributed by atoms with van der Waals surface area (Å²) in [5.41, 5.74) is 1.87. The van der Waals surface area contributed by atoms with E-state index in [2.05, 4.69) is 5.32 Å². The molecule has 1 saturated heterocycles. The highest BCUT2D eigenvalue weighted by molar-refractivity contribution is 6.30. The Hall–Kier alpha value is -2.11. The number of hydrogen-bond acceptors (Lipinski definition) is 1. The molecule has 1 unspecified atom stereocenters. The first kappa shape index (κ1) is 17.7. The second-order valence-electron chi connectivity index (χ2n) is 6.33. The number of nitrogens with zero attached hydrogens (tertiary/aromatic N) is 1. The number of anilines is 1. The molecule has 1 atom stereocenters. The minimum Gasteiger partial charge on any atom is -0.330 e. The van der Waals surface area contributed by atoms with Crippen molar-refractivity contribution in [3.05, 3.63) is 64.9 Å². The number of carbonyl (C=O) groups excluding carboxylic acids is 1. The molecular formula is C19H22ClFN3O+. The normalized spacial score (nSPS) is 17.8. The number of urea groups is 1. The van der Waals surface area contributed by atoms with Crippen molar-refractivity contribution in [1.82, 2.24) is 4.90 Å². The number of benzene rings is 2. The third-order valence-electron chi connectivity index (χ3n) is 4.44. The monoisotopic (exact) mass is 362 g/mol. The van der Waals surface area contributed by atoms with Gasteiger partial charge in [0, 0.05) is 29.2 Å². The van der Waals surface area contributed by atoms with Gasteiger partial charge in [-0.05, 0) is 36.4 Å². The Labute approximate surface area is 152 Å². The molecule has 1 aliphatic rings. The second-order valence-corrected chi connectivity index (χ2v) is 6.77. The van der Waals surface area contributed by atoms with E-state index >= 15 is 0 Å². The fourth-order valence-corrected chi connectivity index (χ4v) is 3.18. The largest absolute Gasteiger partial charge is 0.330 e. The molecule has 132 valence electrons. The van der Waals surface area contributed by atoms with Crippen LogP contribution in [0.3, 0.4) is 0 Å². The predicted molar refractivity (Wildman–Crippen MR) is 97.5 cm³/mol. The van der Waals surface area contributed by atoms with E-state index in [1.807, 2.05) is 17.0 Å². The molecule has 0 saturated carbocycles. The van der Waals surface area contributed by atoms with Gasteiger partial charge in [0.05, 0.1) is 19.6 Å². The Bertz CT molecular complexity index is 706. The lowest BCUT2D eigenvalue weighted by molar-refractivity contribution is -0.911. The number of quaternary nitrogens is 1. The van der Waals surface area contributed by atoms with Gasteiger partial charge in [-0.25, -0.2) is 9.18 Å². The van der Waals surface area contributed by atoms with Crippen LogP contribution in [0, 0.1) is 5.82 Å². The molecule has 3 rings (SSSR count). The Morgan fingerprint density at radius 3 is 2.52 bits per heavy atom. The van der Waals surface area contributed by atoms with Gasteiger partial charge in [-0.15, -0.1) is 0 Å². The van der Waals surface area contributed by atoms with Crippen LogP contribution < -0.4 is 10.2 Å². The molecule has 0 aromatic heterocycles. The topological polar surface area (TPSA) is 36.8 Å². The average molecular weight is 363 g/mol. The highest BCUT2D eigenvalue weighted by Crippen LogP contribution is 2.14. The summed E-state index contributed by atoms with van der Waals surface area (Å²) in [4.78, 5) is 15.7. The van der Waals surface area contributed by atoms with Crippen molar-refractivity contribution in [1.29, 1.82) is 0 Å². The molecule has 0 spiro atoms. The first-order valence-corrected chi connectivity index (χ1v) is 8.87. The Morgan fingerprint density at radius 2 is 1.80 bits per heavy atom. The molecule has 2 N–H and O–H groups in total. The van der Waals surface area contributed by atoms with Gasteiger partial charge in [0.1, 0.15) is 12.4 Å². The van der Waals surface area contributed by atoms with Gasteiger partial charge < -0.3 is 15.1 Å². The molecule has 0 bridgehead atoms. The van der Waals surface area contributed by atoms with Gasteiger partial charge in [0.2, 0.25) is 0 Å². The fourth-order valence-electron chi connectivity index (χ4n) is 3.06. The van der Waals surface area contributed by atoms with Crippen LogP contribution in [0.5, 0.6) is 0 Å². The Balaban J connectivity index is 1.52. The zero-order valence-corrected chi connectivity index (χ0v) is 14.7. The summed E-state index contributed by atoms with van der Waals surface area (Å²) in [6.07, 6.45) is 0.949. The number of amides is 2. The van der Waals surface area contributed by atoms with Crippen molar-refractivity contribution in [3.63, 3.8) is 0 Å². The maximum atomic E-state index is 13.0. The van der Waals surface area contributed by atoms with Crippen LogP contribution in [0.15, 0.2) is 48.5 Å². The van der Waals surface area contributed by atoms with E-state index in [0.717, 1.165) is 43.9 Å². The van der Waals surface area contributed by atoms with E-state index < -0.39 is 0 Å². The first-order chi connectivity index (χ1) is 12.1. The third kappa shape index (κ3) is 5.18. The van der Waals surface area contributed by atoms with E-state index in [4.69, 9.17) is 11.6 Å². The van der Waals surface area contributed by atoms with Crippen LogP contribution in [-0.4, -0.2) is 37.1 Å². The summed E-state index contributed by atoms with van der Waals surface area (Å²) < 4.78 is 13.0. The maximum Gasteiger partial charge on any atom is 0.322 e. The SMILES string of the molecule is O=C(Nc1ccc(Cl)cc1)N1CCC[NH+](Cc2ccc(F)cc2)CC1. The minimum absolute atomic E-state index is 0.0784. The molecule has 0 aliphatic carbocycles. The number of carbonyl (C=O) groups is 1. The summed E-state index contributed by atoms with van der Waals surface area (Å²) in [6, 6.07) is 13.7. The smallest absolute Gasteiger partial charge is 0.322 e. The van der Waals surface area contributed by atoms with Crippen molar-refractivity contribution < 1.29 is 14.1 Å². The molecule has 0 radical (unpaired) electrons. The van der Waals surface area contributed by atoms with E-state index in [-0.39, 0.29) is 11.8 Å². The van der Waals surface area contributed by atoms with Crippen LogP contribution in [0.25, 0.3) is 0 Å². The molecule has 4 nitrogen and oxygen atoms in total. The van der Waals surface area contributed by atoms with Crippen molar-refractivity contribution in [2.24, 2.45) is 0 Å². The molecule has 2 aromatic carbocycles.